The summed E-state index contributed by atoms with van der Waals surface area (Å²) in [5, 5.41) is 4.83. The van der Waals surface area contributed by atoms with E-state index in [1.165, 1.54) is 6.07 Å². The third-order valence-electron chi connectivity index (χ3n) is 4.05. The van der Waals surface area contributed by atoms with Crippen molar-refractivity contribution in [3.8, 4) is 5.69 Å². The van der Waals surface area contributed by atoms with Gasteiger partial charge in [0.2, 0.25) is 5.91 Å². The fourth-order valence-corrected chi connectivity index (χ4v) is 3.56. The lowest BCUT2D eigenvalue weighted by molar-refractivity contribution is -0.119. The number of anilines is 1. The molecule has 0 saturated heterocycles. The van der Waals surface area contributed by atoms with Crippen LogP contribution in [0, 0.1) is 18.7 Å². The average Bonchev–Trinajstić information content (AvgIpc) is 3.24. The third-order valence-corrected chi connectivity index (χ3v) is 5.18. The van der Waals surface area contributed by atoms with Gasteiger partial charge in [0, 0.05) is 17.9 Å². The van der Waals surface area contributed by atoms with Crippen molar-refractivity contribution < 1.29 is 9.18 Å². The van der Waals surface area contributed by atoms with Gasteiger partial charge in [-0.2, -0.15) is 16.9 Å². The quantitative estimate of drug-likeness (QED) is 0.844. The van der Waals surface area contributed by atoms with Gasteiger partial charge in [0.25, 0.3) is 0 Å². The highest BCUT2D eigenvalue weighted by atomic mass is 32.2. The highest BCUT2D eigenvalue weighted by Crippen LogP contribution is 2.42. The number of hydrogen-bond donors (Lipinski definition) is 0. The number of pyridine rings is 1. The van der Waals surface area contributed by atoms with Gasteiger partial charge in [-0.15, -0.1) is 0 Å². The van der Waals surface area contributed by atoms with Gasteiger partial charge in [-0.05, 0) is 26.5 Å². The Hall–Kier alpha value is -1.89. The lowest BCUT2D eigenvalue weighted by atomic mass is 10.3. The molecule has 0 spiro atoms. The largest absolute Gasteiger partial charge is 0.309 e. The summed E-state index contributed by atoms with van der Waals surface area (Å²) in [5.74, 6) is -0.170. The highest BCUT2D eigenvalue weighted by molar-refractivity contribution is 7.99. The van der Waals surface area contributed by atoms with Crippen LogP contribution in [0.2, 0.25) is 0 Å². The second-order valence-corrected chi connectivity index (χ2v) is 6.68. The van der Waals surface area contributed by atoms with Gasteiger partial charge in [-0.1, -0.05) is 0 Å². The summed E-state index contributed by atoms with van der Waals surface area (Å²) >= 11 is 1.74. The smallest absolute Gasteiger partial charge is 0.231 e. The molecule has 1 aliphatic rings. The molecule has 2 aromatic rings. The third kappa shape index (κ3) is 3.10. The van der Waals surface area contributed by atoms with Crippen LogP contribution in [0.4, 0.5) is 10.1 Å². The summed E-state index contributed by atoms with van der Waals surface area (Å²) in [7, 11) is 0. The summed E-state index contributed by atoms with van der Waals surface area (Å²) in [5.41, 5.74) is 2.05. The van der Waals surface area contributed by atoms with Gasteiger partial charge in [-0.3, -0.25) is 9.78 Å². The molecule has 122 valence electrons. The first kappa shape index (κ1) is 16.0. The lowest BCUT2D eigenvalue weighted by Gasteiger charge is -2.20. The first-order valence-electron chi connectivity index (χ1n) is 7.56. The summed E-state index contributed by atoms with van der Waals surface area (Å²) in [6, 6.07) is 1.37. The Labute approximate surface area is 138 Å². The molecule has 0 aromatic carbocycles. The molecule has 0 radical (unpaired) electrons. The van der Waals surface area contributed by atoms with Crippen LogP contribution in [0.25, 0.3) is 5.69 Å². The molecule has 2 atom stereocenters. The topological polar surface area (TPSA) is 51.0 Å². The summed E-state index contributed by atoms with van der Waals surface area (Å²) in [6.07, 6.45) is 7.44. The zero-order valence-electron chi connectivity index (χ0n) is 13.4. The molecular formula is C16H19FN4OS. The molecule has 0 aliphatic heterocycles. The van der Waals surface area contributed by atoms with E-state index in [2.05, 4.69) is 10.1 Å². The van der Waals surface area contributed by atoms with Crippen LogP contribution in [0.5, 0.6) is 0 Å². The van der Waals surface area contributed by atoms with Gasteiger partial charge in [0.1, 0.15) is 5.82 Å². The molecule has 7 heteroatoms. The number of nitrogens with zero attached hydrogens (tertiary/aromatic N) is 4. The van der Waals surface area contributed by atoms with Crippen LogP contribution in [0.3, 0.4) is 0 Å². The first-order valence-corrected chi connectivity index (χ1v) is 8.85. The maximum atomic E-state index is 13.3. The van der Waals surface area contributed by atoms with E-state index in [1.807, 2.05) is 20.1 Å². The Bertz CT molecular complexity index is 733. The Morgan fingerprint density at radius 3 is 2.91 bits per heavy atom. The number of amides is 1. The second kappa shape index (κ2) is 6.31. The van der Waals surface area contributed by atoms with Gasteiger partial charge in [-0.25, -0.2) is 9.07 Å². The summed E-state index contributed by atoms with van der Waals surface area (Å²) < 4.78 is 14.9. The van der Waals surface area contributed by atoms with Crippen molar-refractivity contribution in [3.05, 3.63) is 36.2 Å². The van der Waals surface area contributed by atoms with Crippen LogP contribution < -0.4 is 4.90 Å². The SMILES string of the molecule is CCN(C(=O)C1C[C@@H]1SC)c1cn(-c2cncc(F)c2)nc1C. The normalized spacial score (nSPS) is 19.7. The molecule has 3 rings (SSSR count). The standard InChI is InChI=1S/C16H19FN4OS/c1-4-20(16(22)13-6-15(13)23-3)14-9-21(19-10(14)2)12-5-11(17)7-18-8-12/h5,7-9,13,15H,4,6H2,1-3H3/t13?,15-/m0/s1. The van der Waals surface area contributed by atoms with Crippen molar-refractivity contribution in [2.75, 3.05) is 17.7 Å². The van der Waals surface area contributed by atoms with Crippen molar-refractivity contribution in [2.24, 2.45) is 5.92 Å². The lowest BCUT2D eigenvalue weighted by Crippen LogP contribution is -2.32. The maximum Gasteiger partial charge on any atom is 0.231 e. The predicted octanol–water partition coefficient (Wildman–Crippen LogP) is 2.82. The molecule has 1 aliphatic carbocycles. The van der Waals surface area contributed by atoms with Crippen LogP contribution in [-0.4, -0.2) is 38.7 Å². The van der Waals surface area contributed by atoms with E-state index in [-0.39, 0.29) is 11.8 Å². The zero-order valence-corrected chi connectivity index (χ0v) is 14.2. The van der Waals surface area contributed by atoms with Crippen molar-refractivity contribution in [1.29, 1.82) is 0 Å². The van der Waals surface area contributed by atoms with Gasteiger partial charge >= 0.3 is 0 Å². The summed E-state index contributed by atoms with van der Waals surface area (Å²) in [6.45, 7) is 4.40. The Morgan fingerprint density at radius 1 is 1.52 bits per heavy atom. The van der Waals surface area contributed by atoms with E-state index in [0.29, 0.717) is 17.5 Å². The molecule has 5 nitrogen and oxygen atoms in total. The second-order valence-electron chi connectivity index (χ2n) is 5.60. The maximum absolute atomic E-state index is 13.3. The molecular weight excluding hydrogens is 315 g/mol. The van der Waals surface area contributed by atoms with Crippen LogP contribution in [0.1, 0.15) is 19.0 Å². The molecule has 1 saturated carbocycles. The monoisotopic (exact) mass is 334 g/mol. The molecule has 1 unspecified atom stereocenters. The molecule has 2 aromatic heterocycles. The fourth-order valence-electron chi connectivity index (χ4n) is 2.71. The van der Waals surface area contributed by atoms with Crippen molar-refractivity contribution in [2.45, 2.75) is 25.5 Å². The van der Waals surface area contributed by atoms with Gasteiger partial charge in [0.05, 0.1) is 41.6 Å². The molecule has 1 amide bonds. The first-order chi connectivity index (χ1) is 11.0. The number of carbonyl (C=O) groups is 1. The van der Waals surface area contributed by atoms with Crippen molar-refractivity contribution in [3.63, 3.8) is 0 Å². The van der Waals surface area contributed by atoms with E-state index >= 15 is 0 Å². The molecule has 0 N–H and O–H groups in total. The number of hydrogen-bond acceptors (Lipinski definition) is 4. The predicted molar refractivity (Wildman–Crippen MR) is 89.5 cm³/mol. The van der Waals surface area contributed by atoms with Gasteiger partial charge in [0.15, 0.2) is 0 Å². The number of rotatable bonds is 5. The van der Waals surface area contributed by atoms with Crippen LogP contribution in [0.15, 0.2) is 24.7 Å². The van der Waals surface area contributed by atoms with E-state index in [9.17, 15) is 9.18 Å². The molecule has 23 heavy (non-hydrogen) atoms. The van der Waals surface area contributed by atoms with Gasteiger partial charge < -0.3 is 4.90 Å². The highest BCUT2D eigenvalue weighted by Gasteiger charge is 2.44. The Balaban J connectivity index is 1.89. The van der Waals surface area contributed by atoms with Crippen LogP contribution in [-0.2, 0) is 4.79 Å². The van der Waals surface area contributed by atoms with Crippen molar-refractivity contribution >= 4 is 23.4 Å². The number of thioether (sulfide) groups is 1. The Kier molecular flexibility index (Phi) is 4.39. The van der Waals surface area contributed by atoms with E-state index < -0.39 is 5.82 Å². The number of halogens is 1. The minimum atomic E-state index is -0.415. The summed E-state index contributed by atoms with van der Waals surface area (Å²) in [4.78, 5) is 18.3. The zero-order chi connectivity index (χ0) is 16.6. The molecule has 2 heterocycles. The number of aryl methyl sites for hydroxylation is 1. The number of carbonyl (C=O) groups excluding carboxylic acids is 1. The average molecular weight is 334 g/mol. The van der Waals surface area contributed by atoms with E-state index in [1.54, 1.807) is 33.7 Å². The van der Waals surface area contributed by atoms with Crippen LogP contribution >= 0.6 is 11.8 Å². The molecule has 1 fully saturated rings. The minimum Gasteiger partial charge on any atom is -0.309 e. The van der Waals surface area contributed by atoms with Crippen molar-refractivity contribution in [1.82, 2.24) is 14.8 Å². The van der Waals surface area contributed by atoms with E-state index in [0.717, 1.165) is 24.0 Å². The minimum absolute atomic E-state index is 0.100. The Morgan fingerprint density at radius 2 is 2.30 bits per heavy atom. The fraction of sp³-hybridized carbons (Fsp3) is 0.438. The number of aromatic nitrogens is 3. The van der Waals surface area contributed by atoms with E-state index in [4.69, 9.17) is 0 Å². The molecule has 0 bridgehead atoms.